The van der Waals surface area contributed by atoms with Crippen molar-refractivity contribution in [3.05, 3.63) is 52.2 Å². The minimum atomic E-state index is -3.60. The van der Waals surface area contributed by atoms with E-state index in [9.17, 15) is 13.2 Å². The summed E-state index contributed by atoms with van der Waals surface area (Å²) in [6.45, 7) is 1.40. The number of nitrogens with zero attached hydrogens (tertiary/aromatic N) is 1. The van der Waals surface area contributed by atoms with Gasteiger partial charge in [0.2, 0.25) is 10.0 Å². The highest BCUT2D eigenvalue weighted by Crippen LogP contribution is 2.20. The van der Waals surface area contributed by atoms with Crippen LogP contribution >= 0.6 is 11.3 Å². The first-order valence-corrected chi connectivity index (χ1v) is 10.5. The maximum Gasteiger partial charge on any atom is 0.254 e. The van der Waals surface area contributed by atoms with Crippen LogP contribution in [0.4, 0.5) is 0 Å². The molecule has 1 fully saturated rings. The predicted molar refractivity (Wildman–Crippen MR) is 97.9 cm³/mol. The maximum atomic E-state index is 12.6. The zero-order valence-corrected chi connectivity index (χ0v) is 15.4. The molecule has 2 aromatic rings. The smallest absolute Gasteiger partial charge is 0.254 e. The molecule has 25 heavy (non-hydrogen) atoms. The van der Waals surface area contributed by atoms with Gasteiger partial charge in [0.1, 0.15) is 0 Å². The van der Waals surface area contributed by atoms with Gasteiger partial charge in [0.25, 0.3) is 5.91 Å². The van der Waals surface area contributed by atoms with Gasteiger partial charge in [-0.15, -0.1) is 11.3 Å². The first-order valence-electron chi connectivity index (χ1n) is 8.14. The first kappa shape index (κ1) is 18.1. The number of nitrogens with two attached hydrogens (primary N) is 1. The largest absolute Gasteiger partial charge is 0.334 e. The Labute approximate surface area is 151 Å². The molecule has 1 unspecified atom stereocenters. The number of carbonyl (C=O) groups is 1. The third kappa shape index (κ3) is 4.09. The van der Waals surface area contributed by atoms with Gasteiger partial charge in [0.15, 0.2) is 0 Å². The summed E-state index contributed by atoms with van der Waals surface area (Å²) in [4.78, 5) is 15.4. The summed E-state index contributed by atoms with van der Waals surface area (Å²) in [6.07, 6.45) is 1.87. The van der Waals surface area contributed by atoms with Crippen LogP contribution < -0.4 is 10.5 Å². The fourth-order valence-corrected chi connectivity index (χ4v) is 4.70. The van der Waals surface area contributed by atoms with E-state index >= 15 is 0 Å². The lowest BCUT2D eigenvalue weighted by molar-refractivity contribution is 0.0741. The van der Waals surface area contributed by atoms with Gasteiger partial charge in [-0.1, -0.05) is 6.07 Å². The second kappa shape index (κ2) is 7.65. The molecular weight excluding hydrogens is 358 g/mol. The highest BCUT2D eigenvalue weighted by atomic mass is 32.2. The molecule has 0 bridgehead atoms. The van der Waals surface area contributed by atoms with Crippen LogP contribution in [0.5, 0.6) is 0 Å². The number of rotatable bonds is 6. The van der Waals surface area contributed by atoms with E-state index < -0.39 is 10.0 Å². The lowest BCUT2D eigenvalue weighted by atomic mass is 10.1. The molecule has 3 rings (SSSR count). The molecule has 1 aliphatic heterocycles. The van der Waals surface area contributed by atoms with E-state index in [0.29, 0.717) is 18.7 Å². The summed E-state index contributed by atoms with van der Waals surface area (Å²) in [5, 5.41) is 1.90. The van der Waals surface area contributed by atoms with Gasteiger partial charge < -0.3 is 10.6 Å². The summed E-state index contributed by atoms with van der Waals surface area (Å²) in [5.74, 6) is -0.0940. The Morgan fingerprint density at radius 3 is 2.68 bits per heavy atom. The average Bonchev–Trinajstić information content (AvgIpc) is 3.30. The predicted octanol–water partition coefficient (Wildman–Crippen LogP) is 1.79. The molecule has 2 heterocycles. The van der Waals surface area contributed by atoms with Crippen molar-refractivity contribution in [3.63, 3.8) is 0 Å². The van der Waals surface area contributed by atoms with Gasteiger partial charge in [0, 0.05) is 36.1 Å². The topological polar surface area (TPSA) is 92.5 Å². The van der Waals surface area contributed by atoms with E-state index in [0.717, 1.165) is 17.7 Å². The minimum Gasteiger partial charge on any atom is -0.334 e. The molecule has 1 aromatic carbocycles. The second-order valence-electron chi connectivity index (χ2n) is 5.96. The summed E-state index contributed by atoms with van der Waals surface area (Å²) in [6, 6.07) is 9.89. The van der Waals surface area contributed by atoms with Crippen molar-refractivity contribution < 1.29 is 13.2 Å². The zero-order valence-electron chi connectivity index (χ0n) is 13.7. The number of amides is 1. The quantitative estimate of drug-likeness (QED) is 0.800. The number of thiophene rings is 1. The summed E-state index contributed by atoms with van der Waals surface area (Å²) >= 11 is 1.49. The van der Waals surface area contributed by atoms with Gasteiger partial charge in [-0.2, -0.15) is 0 Å². The number of carbonyl (C=O) groups excluding carboxylic acids is 1. The number of sulfonamides is 1. The van der Waals surface area contributed by atoms with Gasteiger partial charge in [-0.25, -0.2) is 13.1 Å². The van der Waals surface area contributed by atoms with Gasteiger partial charge in [-0.05, 0) is 48.6 Å². The molecule has 8 heteroatoms. The Balaban J connectivity index is 1.70. The fraction of sp³-hybridized carbons (Fsp3) is 0.353. The molecule has 3 N–H and O–H groups in total. The van der Waals surface area contributed by atoms with Crippen molar-refractivity contribution in [2.24, 2.45) is 5.73 Å². The summed E-state index contributed by atoms with van der Waals surface area (Å²) in [7, 11) is -3.60. The van der Waals surface area contributed by atoms with E-state index in [-0.39, 0.29) is 23.4 Å². The van der Waals surface area contributed by atoms with Crippen molar-refractivity contribution >= 4 is 27.3 Å². The van der Waals surface area contributed by atoms with Gasteiger partial charge in [-0.3, -0.25) is 4.79 Å². The first-order chi connectivity index (χ1) is 12.0. The Hall–Kier alpha value is -1.74. The van der Waals surface area contributed by atoms with E-state index in [1.165, 1.54) is 23.5 Å². The lowest BCUT2D eigenvalue weighted by Gasteiger charge is -2.23. The van der Waals surface area contributed by atoms with Gasteiger partial charge >= 0.3 is 0 Å². The van der Waals surface area contributed by atoms with E-state index in [1.807, 2.05) is 17.5 Å². The Morgan fingerprint density at radius 1 is 1.28 bits per heavy atom. The Bertz CT molecular complexity index is 817. The number of nitrogens with one attached hydrogen (secondary N) is 1. The number of hydrogen-bond acceptors (Lipinski definition) is 5. The highest BCUT2D eigenvalue weighted by Gasteiger charge is 2.28. The monoisotopic (exact) mass is 379 g/mol. The van der Waals surface area contributed by atoms with Crippen molar-refractivity contribution in [2.45, 2.75) is 30.3 Å². The molecular formula is C17H21N3O3S2. The maximum absolute atomic E-state index is 12.6. The van der Waals surface area contributed by atoms with Crippen molar-refractivity contribution in [2.75, 3.05) is 13.1 Å². The van der Waals surface area contributed by atoms with Crippen molar-refractivity contribution in [3.8, 4) is 0 Å². The summed E-state index contributed by atoms with van der Waals surface area (Å²) in [5.41, 5.74) is 6.20. The molecule has 1 aliphatic rings. The SMILES string of the molecule is NCC1CCCN1C(=O)c1ccc(S(=O)(=O)NCc2cccs2)cc1. The van der Waals surface area contributed by atoms with Crippen LogP contribution in [0.2, 0.25) is 0 Å². The second-order valence-corrected chi connectivity index (χ2v) is 8.76. The third-order valence-corrected chi connectivity index (χ3v) is 6.63. The van der Waals surface area contributed by atoms with Crippen LogP contribution in [0.15, 0.2) is 46.7 Å². The third-order valence-electron chi connectivity index (χ3n) is 4.34. The lowest BCUT2D eigenvalue weighted by Crippen LogP contribution is -2.39. The molecule has 6 nitrogen and oxygen atoms in total. The van der Waals surface area contributed by atoms with Crippen LogP contribution in [-0.2, 0) is 16.6 Å². The molecule has 1 atom stereocenters. The van der Waals surface area contributed by atoms with Gasteiger partial charge in [0.05, 0.1) is 4.90 Å². The zero-order chi connectivity index (χ0) is 17.9. The molecule has 1 aromatic heterocycles. The van der Waals surface area contributed by atoms with Crippen molar-refractivity contribution in [1.82, 2.24) is 9.62 Å². The number of likely N-dealkylation sites (tertiary alicyclic amines) is 1. The standard InChI is InChI=1S/C17H21N3O3S2/c18-11-14-3-1-9-20(14)17(21)13-5-7-16(8-6-13)25(22,23)19-12-15-4-2-10-24-15/h2,4-8,10,14,19H,1,3,9,11-12,18H2. The molecule has 1 amide bonds. The molecule has 1 saturated heterocycles. The van der Waals surface area contributed by atoms with Crippen LogP contribution in [0.25, 0.3) is 0 Å². The summed E-state index contributed by atoms with van der Waals surface area (Å²) < 4.78 is 27.3. The minimum absolute atomic E-state index is 0.0726. The molecule has 0 aliphatic carbocycles. The van der Waals surface area contributed by atoms with Crippen LogP contribution in [0.1, 0.15) is 28.1 Å². The number of benzene rings is 1. The van der Waals surface area contributed by atoms with Crippen LogP contribution in [-0.4, -0.2) is 38.4 Å². The number of hydrogen-bond donors (Lipinski definition) is 2. The van der Waals surface area contributed by atoms with Crippen LogP contribution in [0.3, 0.4) is 0 Å². The van der Waals surface area contributed by atoms with E-state index in [1.54, 1.807) is 17.0 Å². The fourth-order valence-electron chi connectivity index (χ4n) is 2.95. The van der Waals surface area contributed by atoms with Crippen LogP contribution in [0, 0.1) is 0 Å². The molecule has 0 saturated carbocycles. The van der Waals surface area contributed by atoms with E-state index in [4.69, 9.17) is 5.73 Å². The highest BCUT2D eigenvalue weighted by molar-refractivity contribution is 7.89. The Kier molecular flexibility index (Phi) is 5.53. The molecule has 0 radical (unpaired) electrons. The Morgan fingerprint density at radius 2 is 2.04 bits per heavy atom. The molecule has 134 valence electrons. The average molecular weight is 380 g/mol. The van der Waals surface area contributed by atoms with Crippen molar-refractivity contribution in [1.29, 1.82) is 0 Å². The molecule has 0 spiro atoms. The normalized spacial score (nSPS) is 17.8. The van der Waals surface area contributed by atoms with E-state index in [2.05, 4.69) is 4.72 Å².